The first-order valence-electron chi connectivity index (χ1n) is 8.31. The van der Waals surface area contributed by atoms with Gasteiger partial charge in [-0.25, -0.2) is 4.79 Å². The van der Waals surface area contributed by atoms with Gasteiger partial charge in [-0.15, -0.1) is 0 Å². The van der Waals surface area contributed by atoms with Gasteiger partial charge < -0.3 is 37.6 Å². The van der Waals surface area contributed by atoms with Crippen molar-refractivity contribution in [2.24, 2.45) is 11.5 Å². The summed E-state index contributed by atoms with van der Waals surface area (Å²) in [4.78, 5) is 58.5. The maximum atomic E-state index is 12.3. The molecule has 4 amide bonds. The molecule has 0 bridgehead atoms. The van der Waals surface area contributed by atoms with Crippen molar-refractivity contribution in [3.8, 4) is 0 Å². The van der Waals surface area contributed by atoms with Crippen molar-refractivity contribution in [1.82, 2.24) is 16.0 Å². The van der Waals surface area contributed by atoms with Crippen LogP contribution in [0, 0.1) is 0 Å². The van der Waals surface area contributed by atoms with E-state index < -0.39 is 66.8 Å². The highest BCUT2D eigenvalue weighted by Crippen LogP contribution is 2.02. The van der Waals surface area contributed by atoms with E-state index in [2.05, 4.69) is 16.0 Å². The molecular weight excluding hydrogens is 394 g/mol. The molecule has 0 aromatic rings. The van der Waals surface area contributed by atoms with Crippen LogP contribution in [0.2, 0.25) is 0 Å². The number of thioether (sulfide) groups is 1. The molecular formula is C15H27N5O7S. The molecule has 0 aliphatic heterocycles. The Morgan fingerprint density at radius 1 is 1.00 bits per heavy atom. The van der Waals surface area contributed by atoms with Gasteiger partial charge in [0.1, 0.15) is 24.2 Å². The molecule has 0 aliphatic carbocycles. The van der Waals surface area contributed by atoms with Gasteiger partial charge in [-0.3, -0.25) is 19.2 Å². The number of amides is 4. The van der Waals surface area contributed by atoms with Crippen LogP contribution in [-0.2, 0) is 24.0 Å². The number of rotatable bonds is 13. The van der Waals surface area contributed by atoms with Gasteiger partial charge >= 0.3 is 5.97 Å². The van der Waals surface area contributed by atoms with E-state index >= 15 is 0 Å². The Morgan fingerprint density at radius 3 is 2.04 bits per heavy atom. The Kier molecular flexibility index (Phi) is 11.8. The van der Waals surface area contributed by atoms with Crippen molar-refractivity contribution in [3.63, 3.8) is 0 Å². The molecule has 0 rings (SSSR count). The molecule has 0 saturated heterocycles. The highest BCUT2D eigenvalue weighted by atomic mass is 32.2. The summed E-state index contributed by atoms with van der Waals surface area (Å²) in [6.07, 6.45) is 1.43. The molecule has 0 aromatic heterocycles. The smallest absolute Gasteiger partial charge is 0.326 e. The Bertz CT molecular complexity index is 589. The number of aliphatic hydroxyl groups is 1. The Balaban J connectivity index is 4.97. The Hall–Kier alpha value is -2.38. The quantitative estimate of drug-likeness (QED) is 0.157. The lowest BCUT2D eigenvalue weighted by atomic mass is 10.1. The number of carboxylic acid groups (broad SMARTS) is 1. The minimum absolute atomic E-state index is 0.197. The average molecular weight is 421 g/mol. The normalized spacial score (nSPS) is 14.9. The molecule has 0 saturated carbocycles. The highest BCUT2D eigenvalue weighted by Gasteiger charge is 2.29. The second-order valence-electron chi connectivity index (χ2n) is 5.93. The topological polar surface area (TPSA) is 214 Å². The molecule has 0 radical (unpaired) electrons. The van der Waals surface area contributed by atoms with E-state index in [1.54, 1.807) is 6.26 Å². The molecule has 4 unspecified atom stereocenters. The minimum Gasteiger partial charge on any atom is -0.480 e. The summed E-state index contributed by atoms with van der Waals surface area (Å²) in [5.41, 5.74) is 10.4. The third-order valence-corrected chi connectivity index (χ3v) is 4.19. The number of carbonyl (C=O) groups excluding carboxylic acids is 4. The first-order chi connectivity index (χ1) is 13.0. The lowest BCUT2D eigenvalue weighted by molar-refractivity contribution is -0.142. The monoisotopic (exact) mass is 421 g/mol. The highest BCUT2D eigenvalue weighted by molar-refractivity contribution is 7.98. The Morgan fingerprint density at radius 2 is 1.57 bits per heavy atom. The zero-order valence-electron chi connectivity index (χ0n) is 15.6. The summed E-state index contributed by atoms with van der Waals surface area (Å²) >= 11 is 1.42. The van der Waals surface area contributed by atoms with Crippen molar-refractivity contribution < 1.29 is 34.2 Å². The number of nitrogens with one attached hydrogen (secondary N) is 3. The largest absolute Gasteiger partial charge is 0.480 e. The van der Waals surface area contributed by atoms with Crippen molar-refractivity contribution in [1.29, 1.82) is 0 Å². The van der Waals surface area contributed by atoms with Gasteiger partial charge in [0, 0.05) is 0 Å². The zero-order valence-corrected chi connectivity index (χ0v) is 16.5. The predicted molar refractivity (Wildman–Crippen MR) is 101 cm³/mol. The summed E-state index contributed by atoms with van der Waals surface area (Å²) in [7, 11) is 0. The SMILES string of the molecule is CSCCC(NC(=O)C(C)NC(=O)C(CC(N)=O)NC(=O)C(N)CO)C(=O)O. The molecule has 160 valence electrons. The second kappa shape index (κ2) is 12.9. The maximum absolute atomic E-state index is 12.3. The first kappa shape index (κ1) is 25.6. The molecule has 28 heavy (non-hydrogen) atoms. The van der Waals surface area contributed by atoms with Crippen LogP contribution in [0.15, 0.2) is 0 Å². The molecule has 0 aromatic carbocycles. The summed E-state index contributed by atoms with van der Waals surface area (Å²) in [5, 5.41) is 24.7. The molecule has 12 nitrogen and oxygen atoms in total. The summed E-state index contributed by atoms with van der Waals surface area (Å²) < 4.78 is 0. The lowest BCUT2D eigenvalue weighted by Gasteiger charge is -2.22. The fourth-order valence-electron chi connectivity index (χ4n) is 1.94. The third kappa shape index (κ3) is 9.53. The number of primary amides is 1. The number of aliphatic carboxylic acids is 1. The summed E-state index contributed by atoms with van der Waals surface area (Å²) in [6, 6.07) is -4.99. The van der Waals surface area contributed by atoms with Gasteiger partial charge in [0.15, 0.2) is 0 Å². The lowest BCUT2D eigenvalue weighted by Crippen LogP contribution is -2.57. The standard InChI is InChI=1S/C15H27N5O7S/c1-7(12(23)19-9(15(26)27)3-4-28-2)18-14(25)10(5-11(17)22)20-13(24)8(16)6-21/h7-10,21H,3-6,16H2,1-2H3,(H2,17,22)(H,18,25)(H,19,23)(H,20,24)(H,26,27). The summed E-state index contributed by atoms with van der Waals surface area (Å²) in [5.74, 6) is -4.12. The number of hydrogen-bond acceptors (Lipinski definition) is 8. The van der Waals surface area contributed by atoms with E-state index in [0.717, 1.165) is 0 Å². The van der Waals surface area contributed by atoms with E-state index in [0.29, 0.717) is 5.75 Å². The van der Waals surface area contributed by atoms with Crippen LogP contribution in [0.5, 0.6) is 0 Å². The third-order valence-electron chi connectivity index (χ3n) is 3.55. The second-order valence-corrected chi connectivity index (χ2v) is 6.92. The minimum atomic E-state index is -1.41. The zero-order chi connectivity index (χ0) is 21.9. The molecule has 4 atom stereocenters. The van der Waals surface area contributed by atoms with Gasteiger partial charge in [-0.05, 0) is 25.4 Å². The number of nitrogens with two attached hydrogens (primary N) is 2. The van der Waals surface area contributed by atoms with Gasteiger partial charge in [-0.2, -0.15) is 11.8 Å². The maximum Gasteiger partial charge on any atom is 0.326 e. The van der Waals surface area contributed by atoms with Gasteiger partial charge in [0.2, 0.25) is 23.6 Å². The van der Waals surface area contributed by atoms with Crippen LogP contribution in [0.1, 0.15) is 19.8 Å². The number of carbonyl (C=O) groups is 5. The van der Waals surface area contributed by atoms with Crippen LogP contribution in [-0.4, -0.2) is 82.6 Å². The van der Waals surface area contributed by atoms with Crippen molar-refractivity contribution in [3.05, 3.63) is 0 Å². The molecule has 13 heteroatoms. The van der Waals surface area contributed by atoms with E-state index in [4.69, 9.17) is 21.7 Å². The summed E-state index contributed by atoms with van der Waals surface area (Å²) in [6.45, 7) is 0.630. The predicted octanol–water partition coefficient (Wildman–Crippen LogP) is -3.51. The first-order valence-corrected chi connectivity index (χ1v) is 9.70. The number of aliphatic hydroxyl groups excluding tert-OH is 1. The fourth-order valence-corrected chi connectivity index (χ4v) is 2.41. The molecule has 9 N–H and O–H groups in total. The molecule has 0 aliphatic rings. The molecule has 0 spiro atoms. The van der Waals surface area contributed by atoms with E-state index in [1.807, 2.05) is 0 Å². The van der Waals surface area contributed by atoms with E-state index in [9.17, 15) is 24.0 Å². The number of carboxylic acids is 1. The van der Waals surface area contributed by atoms with Crippen LogP contribution in [0.4, 0.5) is 0 Å². The van der Waals surface area contributed by atoms with Crippen LogP contribution >= 0.6 is 11.8 Å². The van der Waals surface area contributed by atoms with Crippen LogP contribution < -0.4 is 27.4 Å². The van der Waals surface area contributed by atoms with E-state index in [-0.39, 0.29) is 6.42 Å². The molecule has 0 fully saturated rings. The average Bonchev–Trinajstić information content (AvgIpc) is 2.62. The van der Waals surface area contributed by atoms with Crippen molar-refractivity contribution >= 4 is 41.4 Å². The van der Waals surface area contributed by atoms with Crippen molar-refractivity contribution in [2.75, 3.05) is 18.6 Å². The Labute approximate surface area is 166 Å². The van der Waals surface area contributed by atoms with Gasteiger partial charge in [0.25, 0.3) is 0 Å². The fraction of sp³-hybridized carbons (Fsp3) is 0.667. The van der Waals surface area contributed by atoms with Crippen LogP contribution in [0.25, 0.3) is 0 Å². The van der Waals surface area contributed by atoms with Crippen LogP contribution in [0.3, 0.4) is 0 Å². The van der Waals surface area contributed by atoms with Gasteiger partial charge in [-0.1, -0.05) is 0 Å². The molecule has 0 heterocycles. The number of hydrogen-bond donors (Lipinski definition) is 7. The van der Waals surface area contributed by atoms with E-state index in [1.165, 1.54) is 18.7 Å². The van der Waals surface area contributed by atoms with Gasteiger partial charge in [0.05, 0.1) is 13.0 Å². The van der Waals surface area contributed by atoms with Crippen molar-refractivity contribution in [2.45, 2.75) is 43.9 Å².